The van der Waals surface area contributed by atoms with E-state index in [9.17, 15) is 4.21 Å². The smallest absolute Gasteiger partial charge is 0.139 e. The zero-order valence-electron chi connectivity index (χ0n) is 10.5. The van der Waals surface area contributed by atoms with Crippen molar-refractivity contribution in [1.82, 2.24) is 14.8 Å². The van der Waals surface area contributed by atoms with Gasteiger partial charge in [0.05, 0.1) is 21.4 Å². The number of aromatic nitrogens is 3. The van der Waals surface area contributed by atoms with Gasteiger partial charge in [-0.05, 0) is 31.5 Å². The van der Waals surface area contributed by atoms with E-state index in [0.717, 1.165) is 17.9 Å². The lowest BCUT2D eigenvalue weighted by molar-refractivity contribution is 0.627. The van der Waals surface area contributed by atoms with Gasteiger partial charge in [0.1, 0.15) is 12.2 Å². The third-order valence-electron chi connectivity index (χ3n) is 2.67. The highest BCUT2D eigenvalue weighted by Crippen LogP contribution is 2.19. The second-order valence-electron chi connectivity index (χ2n) is 4.02. The van der Waals surface area contributed by atoms with Gasteiger partial charge < -0.3 is 5.73 Å². The molecule has 0 saturated carbocycles. The van der Waals surface area contributed by atoms with E-state index in [-0.39, 0.29) is 0 Å². The number of benzene rings is 1. The molecule has 1 aromatic heterocycles. The molecule has 1 aromatic carbocycles. The van der Waals surface area contributed by atoms with Gasteiger partial charge >= 0.3 is 0 Å². The van der Waals surface area contributed by atoms with Crippen molar-refractivity contribution < 1.29 is 4.21 Å². The van der Waals surface area contributed by atoms with E-state index in [1.807, 2.05) is 32.0 Å². The highest BCUT2D eigenvalue weighted by molar-refractivity contribution is 7.84. The largest absolute Gasteiger partial charge is 0.398 e. The summed E-state index contributed by atoms with van der Waals surface area (Å²) in [7, 11) is -1.19. The average molecular weight is 264 g/mol. The Labute approximate surface area is 108 Å². The Morgan fingerprint density at radius 2 is 2.22 bits per heavy atom. The van der Waals surface area contributed by atoms with Crippen LogP contribution >= 0.6 is 0 Å². The van der Waals surface area contributed by atoms with Crippen LogP contribution in [0.25, 0.3) is 0 Å². The maximum atomic E-state index is 12.3. The summed E-state index contributed by atoms with van der Waals surface area (Å²) in [4.78, 5) is 4.78. The number of nitrogen functional groups attached to an aromatic ring is 1. The van der Waals surface area contributed by atoms with Crippen LogP contribution in [-0.2, 0) is 23.1 Å². The first-order chi connectivity index (χ1) is 8.61. The Hall–Kier alpha value is -1.69. The Kier molecular flexibility index (Phi) is 3.76. The van der Waals surface area contributed by atoms with Crippen molar-refractivity contribution in [3.05, 3.63) is 35.9 Å². The fourth-order valence-corrected chi connectivity index (χ4v) is 2.89. The van der Waals surface area contributed by atoms with Crippen LogP contribution in [0.4, 0.5) is 5.69 Å². The summed E-state index contributed by atoms with van der Waals surface area (Å²) in [6.45, 7) is 4.65. The van der Waals surface area contributed by atoms with Crippen LogP contribution < -0.4 is 5.73 Å². The topological polar surface area (TPSA) is 73.8 Å². The fraction of sp³-hybridized carbons (Fsp3) is 0.333. The normalized spacial score (nSPS) is 12.6. The minimum Gasteiger partial charge on any atom is -0.398 e. The Balaban J connectivity index is 2.22. The number of anilines is 1. The standard InChI is InChI=1S/C12H16N4OS/c1-3-16-12(14-8-15-16)7-18(17)11-5-4-9(2)6-10(11)13/h4-6,8H,3,7,13H2,1-2H3. The van der Waals surface area contributed by atoms with Gasteiger partial charge in [0.2, 0.25) is 0 Å². The molecule has 6 heteroatoms. The SMILES string of the molecule is CCn1ncnc1CS(=O)c1ccc(C)cc1N. The zero-order valence-corrected chi connectivity index (χ0v) is 11.3. The molecule has 0 aliphatic rings. The van der Waals surface area contributed by atoms with Gasteiger partial charge in [0.25, 0.3) is 0 Å². The van der Waals surface area contributed by atoms with Crippen LogP contribution in [0, 0.1) is 6.92 Å². The van der Waals surface area contributed by atoms with Crippen molar-refractivity contribution >= 4 is 16.5 Å². The highest BCUT2D eigenvalue weighted by atomic mass is 32.2. The molecule has 0 aliphatic carbocycles. The molecule has 1 heterocycles. The monoisotopic (exact) mass is 264 g/mol. The van der Waals surface area contributed by atoms with Gasteiger partial charge in [-0.1, -0.05) is 6.07 Å². The van der Waals surface area contributed by atoms with Crippen molar-refractivity contribution in [2.24, 2.45) is 0 Å². The van der Waals surface area contributed by atoms with Crippen LogP contribution in [0.3, 0.4) is 0 Å². The van der Waals surface area contributed by atoms with E-state index in [0.29, 0.717) is 16.3 Å². The first-order valence-electron chi connectivity index (χ1n) is 5.73. The van der Waals surface area contributed by atoms with Gasteiger partial charge in [-0.3, -0.25) is 4.21 Å². The van der Waals surface area contributed by atoms with Crippen molar-refractivity contribution in [1.29, 1.82) is 0 Å². The van der Waals surface area contributed by atoms with Gasteiger partial charge in [-0.25, -0.2) is 9.67 Å². The lowest BCUT2D eigenvalue weighted by Crippen LogP contribution is -2.08. The molecule has 0 amide bonds. The summed E-state index contributed by atoms with van der Waals surface area (Å²) in [5.74, 6) is 1.05. The number of nitrogens with zero attached hydrogens (tertiary/aromatic N) is 3. The quantitative estimate of drug-likeness (QED) is 0.849. The predicted molar refractivity (Wildman–Crippen MR) is 71.4 cm³/mol. The first-order valence-corrected chi connectivity index (χ1v) is 7.05. The molecule has 18 heavy (non-hydrogen) atoms. The molecule has 5 nitrogen and oxygen atoms in total. The minimum atomic E-state index is -1.19. The predicted octanol–water partition coefficient (Wildman–Crippen LogP) is 1.50. The van der Waals surface area contributed by atoms with E-state index in [2.05, 4.69) is 10.1 Å². The second-order valence-corrected chi connectivity index (χ2v) is 5.44. The summed E-state index contributed by atoms with van der Waals surface area (Å²) in [6, 6.07) is 5.55. The number of nitrogens with two attached hydrogens (primary N) is 1. The summed E-state index contributed by atoms with van der Waals surface area (Å²) in [6.07, 6.45) is 1.48. The van der Waals surface area contributed by atoms with E-state index < -0.39 is 10.8 Å². The molecule has 0 radical (unpaired) electrons. The molecule has 96 valence electrons. The Bertz CT molecular complexity index is 579. The van der Waals surface area contributed by atoms with Gasteiger partial charge in [0.15, 0.2) is 0 Å². The first kappa shape index (κ1) is 12.8. The Morgan fingerprint density at radius 1 is 1.44 bits per heavy atom. The maximum Gasteiger partial charge on any atom is 0.139 e. The number of hydrogen-bond donors (Lipinski definition) is 1. The van der Waals surface area contributed by atoms with Crippen LogP contribution in [0.2, 0.25) is 0 Å². The van der Waals surface area contributed by atoms with Crippen LogP contribution in [0.15, 0.2) is 29.4 Å². The molecule has 0 bridgehead atoms. The summed E-state index contributed by atoms with van der Waals surface area (Å²) >= 11 is 0. The van der Waals surface area contributed by atoms with Gasteiger partial charge in [0, 0.05) is 12.2 Å². The number of rotatable bonds is 4. The molecule has 2 aromatic rings. The third-order valence-corrected chi connectivity index (χ3v) is 4.05. The molecule has 1 unspecified atom stereocenters. The van der Waals surface area contributed by atoms with Crippen molar-refractivity contribution in [3.8, 4) is 0 Å². The van der Waals surface area contributed by atoms with Gasteiger partial charge in [-0.15, -0.1) is 0 Å². The Morgan fingerprint density at radius 3 is 2.89 bits per heavy atom. The minimum absolute atomic E-state index is 0.334. The average Bonchev–Trinajstić information content (AvgIpc) is 2.76. The summed E-state index contributed by atoms with van der Waals surface area (Å²) in [5.41, 5.74) is 7.51. The van der Waals surface area contributed by atoms with E-state index in [4.69, 9.17) is 5.73 Å². The second kappa shape index (κ2) is 5.30. The summed E-state index contributed by atoms with van der Waals surface area (Å²) in [5, 5.41) is 4.06. The molecule has 2 rings (SSSR count). The molecule has 1 atom stereocenters. The third kappa shape index (κ3) is 2.59. The van der Waals surface area contributed by atoms with Crippen LogP contribution in [0.5, 0.6) is 0 Å². The highest BCUT2D eigenvalue weighted by Gasteiger charge is 2.12. The molecule has 0 spiro atoms. The fourth-order valence-electron chi connectivity index (χ4n) is 1.73. The van der Waals surface area contributed by atoms with E-state index in [1.165, 1.54) is 6.33 Å². The van der Waals surface area contributed by atoms with E-state index >= 15 is 0 Å². The lowest BCUT2D eigenvalue weighted by Gasteiger charge is -2.07. The molecule has 0 saturated heterocycles. The van der Waals surface area contributed by atoms with Crippen LogP contribution in [0.1, 0.15) is 18.3 Å². The van der Waals surface area contributed by atoms with Crippen molar-refractivity contribution in [2.75, 3.05) is 5.73 Å². The number of aryl methyl sites for hydroxylation is 2. The van der Waals surface area contributed by atoms with E-state index in [1.54, 1.807) is 4.68 Å². The zero-order chi connectivity index (χ0) is 13.1. The maximum absolute atomic E-state index is 12.3. The van der Waals surface area contributed by atoms with Crippen LogP contribution in [-0.4, -0.2) is 19.0 Å². The lowest BCUT2D eigenvalue weighted by atomic mass is 10.2. The molecule has 0 aliphatic heterocycles. The molecular formula is C12H16N4OS. The molecule has 2 N–H and O–H groups in total. The summed E-state index contributed by atoms with van der Waals surface area (Å²) < 4.78 is 14.0. The van der Waals surface area contributed by atoms with Crippen molar-refractivity contribution in [2.45, 2.75) is 31.0 Å². The molecular weight excluding hydrogens is 248 g/mol. The van der Waals surface area contributed by atoms with Gasteiger partial charge in [-0.2, -0.15) is 5.10 Å². The molecule has 0 fully saturated rings. The van der Waals surface area contributed by atoms with Crippen molar-refractivity contribution in [3.63, 3.8) is 0 Å². The number of hydrogen-bond acceptors (Lipinski definition) is 4.